The maximum atomic E-state index is 3.56. The molecule has 15 heavy (non-hydrogen) atoms. The fraction of sp³-hybridized carbons (Fsp3) is 1.00. The van der Waals surface area contributed by atoms with E-state index in [1.54, 1.807) is 0 Å². The fourth-order valence-corrected chi connectivity index (χ4v) is 2.78. The lowest BCUT2D eigenvalue weighted by Gasteiger charge is -2.18. The van der Waals surface area contributed by atoms with Gasteiger partial charge in [0.05, 0.1) is 0 Å². The zero-order chi connectivity index (χ0) is 11.1. The molecule has 0 aromatic carbocycles. The van der Waals surface area contributed by atoms with Crippen LogP contribution in [-0.2, 0) is 0 Å². The lowest BCUT2D eigenvalue weighted by Crippen LogP contribution is -2.32. The fourth-order valence-electron chi connectivity index (χ4n) is 2.78. The Morgan fingerprint density at radius 1 is 1.40 bits per heavy atom. The van der Waals surface area contributed by atoms with Gasteiger partial charge in [0.15, 0.2) is 0 Å². The largest absolute Gasteiger partial charge is 0.314 e. The van der Waals surface area contributed by atoms with Gasteiger partial charge < -0.3 is 5.32 Å². The zero-order valence-electron chi connectivity index (χ0n) is 10.7. The molecule has 0 radical (unpaired) electrons. The first-order chi connectivity index (χ1) is 6.99. The van der Waals surface area contributed by atoms with Crippen LogP contribution in [0.3, 0.4) is 0 Å². The van der Waals surface area contributed by atoms with E-state index >= 15 is 0 Å². The lowest BCUT2D eigenvalue weighted by molar-refractivity contribution is 0.276. The summed E-state index contributed by atoms with van der Waals surface area (Å²) in [6.07, 6.45) is 2.81. The van der Waals surface area contributed by atoms with Gasteiger partial charge in [0.2, 0.25) is 0 Å². The number of rotatable bonds is 4. The van der Waals surface area contributed by atoms with E-state index < -0.39 is 0 Å². The smallest absolute Gasteiger partial charge is 0.0153 e. The summed E-state index contributed by atoms with van der Waals surface area (Å²) in [4.78, 5) is 2.71. The summed E-state index contributed by atoms with van der Waals surface area (Å²) < 4.78 is 0. The summed E-state index contributed by atoms with van der Waals surface area (Å²) in [6, 6.07) is 1.53. The molecule has 2 fully saturated rings. The Bertz CT molecular complexity index is 223. The van der Waals surface area contributed by atoms with E-state index in [2.05, 4.69) is 37.9 Å². The van der Waals surface area contributed by atoms with Crippen molar-refractivity contribution < 1.29 is 0 Å². The van der Waals surface area contributed by atoms with Crippen molar-refractivity contribution in [2.24, 2.45) is 11.3 Å². The highest BCUT2D eigenvalue weighted by Crippen LogP contribution is 2.49. The van der Waals surface area contributed by atoms with Gasteiger partial charge in [-0.15, -0.1) is 0 Å². The highest BCUT2D eigenvalue weighted by atomic mass is 15.2. The summed E-state index contributed by atoms with van der Waals surface area (Å²) >= 11 is 0. The van der Waals surface area contributed by atoms with Gasteiger partial charge in [0.1, 0.15) is 0 Å². The minimum absolute atomic E-state index is 0.611. The number of hydrogen-bond acceptors (Lipinski definition) is 2. The van der Waals surface area contributed by atoms with Crippen LogP contribution in [0.15, 0.2) is 0 Å². The van der Waals surface area contributed by atoms with Gasteiger partial charge in [0.25, 0.3) is 0 Å². The highest BCUT2D eigenvalue weighted by molar-refractivity contribution is 5.04. The Morgan fingerprint density at radius 2 is 2.07 bits per heavy atom. The number of nitrogens with one attached hydrogen (secondary N) is 1. The van der Waals surface area contributed by atoms with Crippen LogP contribution in [0.25, 0.3) is 0 Å². The molecule has 2 rings (SSSR count). The molecule has 0 spiro atoms. The van der Waals surface area contributed by atoms with Gasteiger partial charge in [0, 0.05) is 18.6 Å². The van der Waals surface area contributed by atoms with Gasteiger partial charge in [-0.1, -0.05) is 27.7 Å². The van der Waals surface area contributed by atoms with Crippen molar-refractivity contribution in [1.29, 1.82) is 0 Å². The van der Waals surface area contributed by atoms with Crippen molar-refractivity contribution in [3.05, 3.63) is 0 Å². The predicted molar refractivity (Wildman–Crippen MR) is 65.0 cm³/mol. The maximum absolute atomic E-state index is 3.56. The Kier molecular flexibility index (Phi) is 3.09. The molecule has 1 aliphatic heterocycles. The van der Waals surface area contributed by atoms with E-state index in [0.29, 0.717) is 11.5 Å². The molecule has 2 nitrogen and oxygen atoms in total. The van der Waals surface area contributed by atoms with E-state index in [-0.39, 0.29) is 0 Å². The number of hydrogen-bond donors (Lipinski definition) is 1. The predicted octanol–water partition coefficient (Wildman–Crippen LogP) is 2.10. The molecule has 1 aliphatic carbocycles. The summed E-state index contributed by atoms with van der Waals surface area (Å²) in [5.74, 6) is 0.892. The van der Waals surface area contributed by atoms with Crippen molar-refractivity contribution in [3.8, 4) is 0 Å². The molecule has 88 valence electrons. The number of nitrogens with zero attached hydrogens (tertiary/aromatic N) is 1. The summed E-state index contributed by atoms with van der Waals surface area (Å²) in [5.41, 5.74) is 0.611. The second-order valence-corrected chi connectivity index (χ2v) is 6.42. The molecular weight excluding hydrogens is 184 g/mol. The third kappa shape index (κ3) is 2.73. The Balaban J connectivity index is 1.71. The third-order valence-electron chi connectivity index (χ3n) is 4.03. The SMILES string of the molecule is CC(C)NCC1CCN(C2CC2(C)C)C1. The van der Waals surface area contributed by atoms with Crippen LogP contribution in [0.4, 0.5) is 0 Å². The Hall–Kier alpha value is -0.0800. The molecular formula is C13H26N2. The van der Waals surface area contributed by atoms with Crippen LogP contribution in [0.1, 0.15) is 40.5 Å². The topological polar surface area (TPSA) is 15.3 Å². The molecule has 1 heterocycles. The van der Waals surface area contributed by atoms with Gasteiger partial charge in [-0.3, -0.25) is 4.90 Å². The molecule has 2 atom stereocenters. The second kappa shape index (κ2) is 4.06. The molecule has 2 heteroatoms. The van der Waals surface area contributed by atoms with Crippen LogP contribution >= 0.6 is 0 Å². The van der Waals surface area contributed by atoms with Crippen LogP contribution in [0.2, 0.25) is 0 Å². The lowest BCUT2D eigenvalue weighted by atomic mass is 10.1. The zero-order valence-corrected chi connectivity index (χ0v) is 10.7. The average Bonchev–Trinajstić information content (AvgIpc) is 2.63. The highest BCUT2D eigenvalue weighted by Gasteiger charge is 2.50. The van der Waals surface area contributed by atoms with Gasteiger partial charge in [-0.05, 0) is 37.3 Å². The summed E-state index contributed by atoms with van der Waals surface area (Å²) in [7, 11) is 0. The van der Waals surface area contributed by atoms with Crippen molar-refractivity contribution >= 4 is 0 Å². The van der Waals surface area contributed by atoms with Crippen molar-refractivity contribution in [1.82, 2.24) is 10.2 Å². The quantitative estimate of drug-likeness (QED) is 0.764. The molecule has 0 aromatic heterocycles. The monoisotopic (exact) mass is 210 g/mol. The maximum Gasteiger partial charge on any atom is 0.0153 e. The Morgan fingerprint density at radius 3 is 2.60 bits per heavy atom. The van der Waals surface area contributed by atoms with Crippen molar-refractivity contribution in [2.75, 3.05) is 19.6 Å². The normalized spacial score (nSPS) is 35.0. The van der Waals surface area contributed by atoms with E-state index in [0.717, 1.165) is 12.0 Å². The molecule has 1 N–H and O–H groups in total. The van der Waals surface area contributed by atoms with Crippen molar-refractivity contribution in [2.45, 2.75) is 52.6 Å². The van der Waals surface area contributed by atoms with Gasteiger partial charge >= 0.3 is 0 Å². The third-order valence-corrected chi connectivity index (χ3v) is 4.03. The van der Waals surface area contributed by atoms with Gasteiger partial charge in [-0.2, -0.15) is 0 Å². The van der Waals surface area contributed by atoms with Crippen LogP contribution < -0.4 is 5.32 Å². The summed E-state index contributed by atoms with van der Waals surface area (Å²) in [5, 5.41) is 3.56. The molecule has 0 amide bonds. The Labute approximate surface area is 94.4 Å². The first-order valence-electron chi connectivity index (χ1n) is 6.46. The first kappa shape index (κ1) is 11.4. The molecule has 1 saturated carbocycles. The first-order valence-corrected chi connectivity index (χ1v) is 6.46. The average molecular weight is 210 g/mol. The van der Waals surface area contributed by atoms with Crippen molar-refractivity contribution in [3.63, 3.8) is 0 Å². The van der Waals surface area contributed by atoms with E-state index in [9.17, 15) is 0 Å². The van der Waals surface area contributed by atoms with E-state index in [1.165, 1.54) is 32.5 Å². The molecule has 2 aliphatic rings. The van der Waals surface area contributed by atoms with Crippen LogP contribution in [0.5, 0.6) is 0 Å². The van der Waals surface area contributed by atoms with Gasteiger partial charge in [-0.25, -0.2) is 0 Å². The molecule has 2 unspecified atom stereocenters. The van der Waals surface area contributed by atoms with Crippen LogP contribution in [-0.4, -0.2) is 36.6 Å². The minimum Gasteiger partial charge on any atom is -0.314 e. The van der Waals surface area contributed by atoms with Crippen LogP contribution in [0, 0.1) is 11.3 Å². The standard InChI is InChI=1S/C13H26N2/c1-10(2)14-8-11-5-6-15(9-11)12-7-13(12,3)4/h10-12,14H,5-9H2,1-4H3. The summed E-state index contributed by atoms with van der Waals surface area (Å²) in [6.45, 7) is 13.1. The molecule has 0 bridgehead atoms. The minimum atomic E-state index is 0.611. The second-order valence-electron chi connectivity index (χ2n) is 6.42. The van der Waals surface area contributed by atoms with E-state index in [1.807, 2.05) is 0 Å². The molecule has 1 saturated heterocycles. The van der Waals surface area contributed by atoms with E-state index in [4.69, 9.17) is 0 Å². The molecule has 0 aromatic rings. The number of likely N-dealkylation sites (tertiary alicyclic amines) is 1.